The molecular formula is C20H25N5O2. The standard InChI is InChI=1S/C20H25N5O2/c1-23(13-16-12-21-25(14-16)17-8-4-2-5-9-17)15-24-18(26)20(22-19(24)27)10-6-3-7-11-20/h2,4-5,8-9,12,14H,3,6-7,10-11,13,15H2,1H3,(H,22,27). The molecule has 3 amide bonds. The van der Waals surface area contributed by atoms with Gasteiger partial charge in [0.1, 0.15) is 5.54 Å². The summed E-state index contributed by atoms with van der Waals surface area (Å²) in [4.78, 5) is 28.6. The highest BCUT2D eigenvalue weighted by molar-refractivity contribution is 6.07. The third kappa shape index (κ3) is 3.47. The van der Waals surface area contributed by atoms with E-state index in [1.54, 1.807) is 0 Å². The Kier molecular flexibility index (Phi) is 4.70. The summed E-state index contributed by atoms with van der Waals surface area (Å²) in [5.41, 5.74) is 1.37. The lowest BCUT2D eigenvalue weighted by molar-refractivity contribution is -0.133. The SMILES string of the molecule is CN(Cc1cnn(-c2ccccc2)c1)CN1C(=O)NC2(CCCCC2)C1=O. The highest BCUT2D eigenvalue weighted by atomic mass is 16.2. The van der Waals surface area contributed by atoms with Crippen molar-refractivity contribution >= 4 is 11.9 Å². The van der Waals surface area contributed by atoms with Crippen LogP contribution >= 0.6 is 0 Å². The van der Waals surface area contributed by atoms with Crippen LogP contribution in [0.4, 0.5) is 4.79 Å². The number of carbonyl (C=O) groups excluding carboxylic acids is 2. The number of nitrogens with zero attached hydrogens (tertiary/aromatic N) is 4. The van der Waals surface area contributed by atoms with Crippen molar-refractivity contribution in [2.75, 3.05) is 13.7 Å². The Morgan fingerprint density at radius 2 is 1.89 bits per heavy atom. The quantitative estimate of drug-likeness (QED) is 0.825. The molecule has 1 saturated carbocycles. The van der Waals surface area contributed by atoms with E-state index in [9.17, 15) is 9.59 Å². The van der Waals surface area contributed by atoms with Crippen molar-refractivity contribution in [3.8, 4) is 5.69 Å². The third-order valence-corrected chi connectivity index (χ3v) is 5.45. The van der Waals surface area contributed by atoms with Gasteiger partial charge in [-0.2, -0.15) is 5.10 Å². The summed E-state index contributed by atoms with van der Waals surface area (Å²) in [5, 5.41) is 7.36. The highest BCUT2D eigenvalue weighted by Gasteiger charge is 2.51. The van der Waals surface area contributed by atoms with E-state index in [0.717, 1.165) is 43.4 Å². The molecule has 2 aromatic rings. The minimum Gasteiger partial charge on any atom is -0.323 e. The van der Waals surface area contributed by atoms with Gasteiger partial charge >= 0.3 is 6.03 Å². The van der Waals surface area contributed by atoms with E-state index >= 15 is 0 Å². The molecule has 1 aliphatic carbocycles. The summed E-state index contributed by atoms with van der Waals surface area (Å²) in [6.07, 6.45) is 8.42. The minimum atomic E-state index is -0.658. The monoisotopic (exact) mass is 367 g/mol. The summed E-state index contributed by atoms with van der Waals surface area (Å²) < 4.78 is 1.83. The van der Waals surface area contributed by atoms with Crippen LogP contribution in [0.5, 0.6) is 0 Å². The zero-order chi connectivity index (χ0) is 18.9. The molecule has 1 aromatic carbocycles. The van der Waals surface area contributed by atoms with E-state index in [0.29, 0.717) is 6.54 Å². The molecule has 2 aliphatic rings. The first-order valence-corrected chi connectivity index (χ1v) is 9.49. The molecule has 1 aliphatic heterocycles. The zero-order valence-electron chi connectivity index (χ0n) is 15.6. The summed E-state index contributed by atoms with van der Waals surface area (Å²) in [6.45, 7) is 0.889. The van der Waals surface area contributed by atoms with E-state index < -0.39 is 5.54 Å². The van der Waals surface area contributed by atoms with Gasteiger partial charge in [-0.3, -0.25) is 9.69 Å². The van der Waals surface area contributed by atoms with Gasteiger partial charge in [0.2, 0.25) is 0 Å². The Bertz CT molecular complexity index is 826. The van der Waals surface area contributed by atoms with E-state index in [1.807, 2.05) is 59.4 Å². The number of aromatic nitrogens is 2. The molecule has 4 rings (SSSR count). The van der Waals surface area contributed by atoms with Gasteiger partial charge in [0, 0.05) is 18.3 Å². The van der Waals surface area contributed by atoms with Crippen LogP contribution in [0.15, 0.2) is 42.7 Å². The van der Waals surface area contributed by atoms with E-state index in [4.69, 9.17) is 0 Å². The Balaban J connectivity index is 1.40. The lowest BCUT2D eigenvalue weighted by Crippen LogP contribution is -2.48. The Morgan fingerprint density at radius 1 is 1.15 bits per heavy atom. The molecule has 142 valence electrons. The molecule has 1 spiro atoms. The van der Waals surface area contributed by atoms with Crippen LogP contribution in [-0.2, 0) is 11.3 Å². The van der Waals surface area contributed by atoms with Crippen LogP contribution < -0.4 is 5.32 Å². The first-order chi connectivity index (χ1) is 13.1. The third-order valence-electron chi connectivity index (χ3n) is 5.45. The van der Waals surface area contributed by atoms with Gasteiger partial charge in [0.25, 0.3) is 5.91 Å². The van der Waals surface area contributed by atoms with E-state index in [1.165, 1.54) is 4.90 Å². The smallest absolute Gasteiger partial charge is 0.323 e. The lowest BCUT2D eigenvalue weighted by atomic mass is 9.82. The van der Waals surface area contributed by atoms with Gasteiger partial charge in [0.15, 0.2) is 0 Å². The molecule has 0 unspecified atom stereocenters. The van der Waals surface area contributed by atoms with Crippen LogP contribution in [0.25, 0.3) is 5.69 Å². The van der Waals surface area contributed by atoms with Crippen molar-refractivity contribution in [1.82, 2.24) is 24.9 Å². The van der Waals surface area contributed by atoms with E-state index in [-0.39, 0.29) is 18.6 Å². The summed E-state index contributed by atoms with van der Waals surface area (Å²) in [5.74, 6) is -0.0703. The predicted octanol–water partition coefficient (Wildman–Crippen LogP) is 2.52. The first kappa shape index (κ1) is 17.7. The highest BCUT2D eigenvalue weighted by Crippen LogP contribution is 2.33. The second-order valence-electron chi connectivity index (χ2n) is 7.59. The molecule has 2 fully saturated rings. The fourth-order valence-electron chi connectivity index (χ4n) is 4.07. The maximum Gasteiger partial charge on any atom is 0.326 e. The largest absolute Gasteiger partial charge is 0.326 e. The summed E-state index contributed by atoms with van der Waals surface area (Å²) >= 11 is 0. The fourth-order valence-corrected chi connectivity index (χ4v) is 4.07. The van der Waals surface area contributed by atoms with Crippen molar-refractivity contribution in [3.63, 3.8) is 0 Å². The van der Waals surface area contributed by atoms with Crippen molar-refractivity contribution in [2.24, 2.45) is 0 Å². The number of imide groups is 1. The number of hydrogen-bond donors (Lipinski definition) is 1. The Morgan fingerprint density at radius 3 is 2.63 bits per heavy atom. The van der Waals surface area contributed by atoms with Crippen molar-refractivity contribution in [1.29, 1.82) is 0 Å². The molecule has 1 aromatic heterocycles. The first-order valence-electron chi connectivity index (χ1n) is 9.49. The predicted molar refractivity (Wildman–Crippen MR) is 101 cm³/mol. The van der Waals surface area contributed by atoms with Gasteiger partial charge in [-0.15, -0.1) is 0 Å². The molecule has 0 bridgehead atoms. The number of amides is 3. The number of rotatable bonds is 5. The van der Waals surface area contributed by atoms with Gasteiger partial charge in [-0.1, -0.05) is 37.5 Å². The number of urea groups is 1. The summed E-state index contributed by atoms with van der Waals surface area (Å²) in [6, 6.07) is 9.64. The van der Waals surface area contributed by atoms with Crippen LogP contribution in [0.2, 0.25) is 0 Å². The molecule has 7 heteroatoms. The molecule has 0 radical (unpaired) electrons. The number of nitrogens with one attached hydrogen (secondary N) is 1. The van der Waals surface area contributed by atoms with Gasteiger partial charge < -0.3 is 5.32 Å². The second-order valence-corrected chi connectivity index (χ2v) is 7.59. The average molecular weight is 367 g/mol. The second kappa shape index (κ2) is 7.15. The molecule has 0 atom stereocenters. The molecule has 1 N–H and O–H groups in total. The topological polar surface area (TPSA) is 70.5 Å². The molecule has 2 heterocycles. The Hall–Kier alpha value is -2.67. The van der Waals surface area contributed by atoms with Crippen LogP contribution in [0, 0.1) is 0 Å². The molecule has 7 nitrogen and oxygen atoms in total. The van der Waals surface area contributed by atoms with Crippen LogP contribution in [-0.4, -0.2) is 50.8 Å². The number of hydrogen-bond acceptors (Lipinski definition) is 4. The molecular weight excluding hydrogens is 342 g/mol. The van der Waals surface area contributed by atoms with Gasteiger partial charge in [-0.05, 0) is 32.0 Å². The van der Waals surface area contributed by atoms with Crippen LogP contribution in [0.3, 0.4) is 0 Å². The van der Waals surface area contributed by atoms with Crippen molar-refractivity contribution < 1.29 is 9.59 Å². The normalized spacial score (nSPS) is 19.1. The Labute approximate surface area is 158 Å². The molecule has 27 heavy (non-hydrogen) atoms. The minimum absolute atomic E-state index is 0.0703. The maximum atomic E-state index is 12.9. The molecule has 1 saturated heterocycles. The fraction of sp³-hybridized carbons (Fsp3) is 0.450. The van der Waals surface area contributed by atoms with Gasteiger partial charge in [-0.25, -0.2) is 14.4 Å². The van der Waals surface area contributed by atoms with Crippen molar-refractivity contribution in [3.05, 3.63) is 48.3 Å². The van der Waals surface area contributed by atoms with Gasteiger partial charge in [0.05, 0.1) is 18.6 Å². The lowest BCUT2D eigenvalue weighted by Gasteiger charge is -2.30. The summed E-state index contributed by atoms with van der Waals surface area (Å²) in [7, 11) is 1.91. The number of para-hydroxylation sites is 1. The van der Waals surface area contributed by atoms with E-state index in [2.05, 4.69) is 10.4 Å². The average Bonchev–Trinajstić information content (AvgIpc) is 3.22. The maximum absolute atomic E-state index is 12.9. The zero-order valence-corrected chi connectivity index (χ0v) is 15.6. The number of benzene rings is 1. The van der Waals surface area contributed by atoms with Crippen LogP contribution in [0.1, 0.15) is 37.7 Å². The number of carbonyl (C=O) groups is 2. The van der Waals surface area contributed by atoms with Crippen molar-refractivity contribution in [2.45, 2.75) is 44.2 Å².